The highest BCUT2D eigenvalue weighted by Crippen LogP contribution is 2.29. The van der Waals surface area contributed by atoms with E-state index in [2.05, 4.69) is 10.6 Å². The Morgan fingerprint density at radius 2 is 1.65 bits per heavy atom. The van der Waals surface area contributed by atoms with Crippen molar-refractivity contribution >= 4 is 17.5 Å². The largest absolute Gasteiger partial charge is 0.493 e. The summed E-state index contributed by atoms with van der Waals surface area (Å²) < 4.78 is 15.8. The lowest BCUT2D eigenvalue weighted by Gasteiger charge is -2.11. The van der Waals surface area contributed by atoms with E-state index < -0.39 is 0 Å². The molecule has 0 unspecified atom stereocenters. The van der Waals surface area contributed by atoms with Crippen molar-refractivity contribution in [2.45, 2.75) is 6.42 Å². The fourth-order valence-corrected chi connectivity index (χ4v) is 2.16. The minimum absolute atomic E-state index is 0.126. The Labute approximate surface area is 152 Å². The van der Waals surface area contributed by atoms with Crippen molar-refractivity contribution in [3.63, 3.8) is 0 Å². The van der Waals surface area contributed by atoms with E-state index in [0.717, 1.165) is 0 Å². The highest BCUT2D eigenvalue weighted by molar-refractivity contribution is 5.94. The standard InChI is InChI=1S/C19H22N2O5/c1-24-16-9-8-14(12-17(16)25-2)21-19(23)13-20-18(22)10-11-26-15-6-4-3-5-7-15/h3-9,12H,10-11,13H2,1-2H3,(H,20,22)(H,21,23). The van der Waals surface area contributed by atoms with Crippen LogP contribution in [0.3, 0.4) is 0 Å². The molecule has 2 amide bonds. The van der Waals surface area contributed by atoms with Crippen molar-refractivity contribution in [1.29, 1.82) is 0 Å². The van der Waals surface area contributed by atoms with E-state index >= 15 is 0 Å². The van der Waals surface area contributed by atoms with E-state index in [1.807, 2.05) is 30.3 Å². The van der Waals surface area contributed by atoms with Gasteiger partial charge in [-0.3, -0.25) is 9.59 Å². The SMILES string of the molecule is COc1ccc(NC(=O)CNC(=O)CCOc2ccccc2)cc1OC. The summed E-state index contributed by atoms with van der Waals surface area (Å²) in [6, 6.07) is 14.2. The third-order valence-corrected chi connectivity index (χ3v) is 3.45. The van der Waals surface area contributed by atoms with Crippen LogP contribution in [0.25, 0.3) is 0 Å². The minimum atomic E-state index is -0.338. The molecule has 0 fully saturated rings. The maximum atomic E-state index is 11.9. The van der Waals surface area contributed by atoms with Gasteiger partial charge in [0.05, 0.1) is 33.8 Å². The Hall–Kier alpha value is -3.22. The second-order valence-electron chi connectivity index (χ2n) is 5.31. The van der Waals surface area contributed by atoms with Crippen molar-refractivity contribution in [2.75, 3.05) is 32.7 Å². The number of benzene rings is 2. The van der Waals surface area contributed by atoms with Crippen molar-refractivity contribution in [3.8, 4) is 17.2 Å². The van der Waals surface area contributed by atoms with Crippen molar-refractivity contribution in [3.05, 3.63) is 48.5 Å². The molecule has 0 bridgehead atoms. The van der Waals surface area contributed by atoms with Gasteiger partial charge >= 0.3 is 0 Å². The minimum Gasteiger partial charge on any atom is -0.493 e. The molecule has 0 spiro atoms. The Balaban J connectivity index is 1.71. The Morgan fingerprint density at radius 1 is 0.923 bits per heavy atom. The summed E-state index contributed by atoms with van der Waals surface area (Å²) in [6.45, 7) is 0.117. The lowest BCUT2D eigenvalue weighted by Crippen LogP contribution is -2.33. The van der Waals surface area contributed by atoms with E-state index in [9.17, 15) is 9.59 Å². The topological polar surface area (TPSA) is 85.9 Å². The van der Waals surface area contributed by atoms with Crippen LogP contribution in [0, 0.1) is 0 Å². The lowest BCUT2D eigenvalue weighted by atomic mass is 10.2. The van der Waals surface area contributed by atoms with Crippen LogP contribution in [-0.2, 0) is 9.59 Å². The van der Waals surface area contributed by atoms with Gasteiger partial charge in [-0.1, -0.05) is 18.2 Å². The zero-order chi connectivity index (χ0) is 18.8. The Bertz CT molecular complexity index is 734. The molecule has 0 aliphatic rings. The molecule has 0 atom stereocenters. The molecular weight excluding hydrogens is 336 g/mol. The highest BCUT2D eigenvalue weighted by atomic mass is 16.5. The number of para-hydroxylation sites is 1. The first-order valence-corrected chi connectivity index (χ1v) is 8.09. The second-order valence-corrected chi connectivity index (χ2v) is 5.31. The smallest absolute Gasteiger partial charge is 0.243 e. The van der Waals surface area contributed by atoms with E-state index in [0.29, 0.717) is 22.9 Å². The van der Waals surface area contributed by atoms with Gasteiger partial charge in [0.2, 0.25) is 11.8 Å². The molecule has 138 valence electrons. The number of carbonyl (C=O) groups excluding carboxylic acids is 2. The van der Waals surface area contributed by atoms with Gasteiger partial charge in [-0.2, -0.15) is 0 Å². The summed E-state index contributed by atoms with van der Waals surface area (Å²) in [5.74, 6) is 1.18. The van der Waals surface area contributed by atoms with Crippen molar-refractivity contribution in [1.82, 2.24) is 5.32 Å². The van der Waals surface area contributed by atoms with Crippen LogP contribution in [0.1, 0.15) is 6.42 Å². The number of rotatable bonds is 9. The predicted molar refractivity (Wildman–Crippen MR) is 97.7 cm³/mol. The Kier molecular flexibility index (Phi) is 7.30. The van der Waals surface area contributed by atoms with Crippen LogP contribution in [-0.4, -0.2) is 39.2 Å². The van der Waals surface area contributed by atoms with E-state index in [4.69, 9.17) is 14.2 Å². The van der Waals surface area contributed by atoms with Gasteiger partial charge in [0.15, 0.2) is 11.5 Å². The fourth-order valence-electron chi connectivity index (χ4n) is 2.16. The number of anilines is 1. The summed E-state index contributed by atoms with van der Waals surface area (Å²) in [6.07, 6.45) is 0.165. The fraction of sp³-hybridized carbons (Fsp3) is 0.263. The number of ether oxygens (including phenoxy) is 3. The Morgan fingerprint density at radius 3 is 2.35 bits per heavy atom. The average molecular weight is 358 g/mol. The van der Waals surface area contributed by atoms with Crippen LogP contribution in [0.2, 0.25) is 0 Å². The van der Waals surface area contributed by atoms with Gasteiger partial charge in [-0.15, -0.1) is 0 Å². The molecule has 2 aromatic rings. The van der Waals surface area contributed by atoms with Crippen molar-refractivity contribution < 1.29 is 23.8 Å². The third-order valence-electron chi connectivity index (χ3n) is 3.45. The molecule has 0 saturated heterocycles. The molecule has 0 aliphatic carbocycles. The molecule has 2 aromatic carbocycles. The molecule has 26 heavy (non-hydrogen) atoms. The number of methoxy groups -OCH3 is 2. The van der Waals surface area contributed by atoms with Crippen LogP contribution in [0.15, 0.2) is 48.5 Å². The monoisotopic (exact) mass is 358 g/mol. The molecule has 0 aromatic heterocycles. The summed E-state index contributed by atoms with van der Waals surface area (Å²) in [7, 11) is 3.05. The third kappa shape index (κ3) is 6.01. The van der Waals surface area contributed by atoms with Gasteiger partial charge in [0.1, 0.15) is 5.75 Å². The zero-order valence-electron chi connectivity index (χ0n) is 14.8. The molecule has 0 radical (unpaired) electrons. The van der Waals surface area contributed by atoms with E-state index in [1.54, 1.807) is 18.2 Å². The van der Waals surface area contributed by atoms with Crippen LogP contribution < -0.4 is 24.8 Å². The number of nitrogens with one attached hydrogen (secondary N) is 2. The van der Waals surface area contributed by atoms with Crippen LogP contribution in [0.5, 0.6) is 17.2 Å². The molecule has 0 heterocycles. The van der Waals surface area contributed by atoms with Crippen LogP contribution in [0.4, 0.5) is 5.69 Å². The number of carbonyl (C=O) groups is 2. The summed E-state index contributed by atoms with van der Waals surface area (Å²) in [5, 5.41) is 5.24. The van der Waals surface area contributed by atoms with E-state index in [1.165, 1.54) is 14.2 Å². The van der Waals surface area contributed by atoms with E-state index in [-0.39, 0.29) is 31.4 Å². The van der Waals surface area contributed by atoms with Gasteiger partial charge < -0.3 is 24.8 Å². The molecule has 2 rings (SSSR count). The average Bonchev–Trinajstić information content (AvgIpc) is 2.67. The highest BCUT2D eigenvalue weighted by Gasteiger charge is 2.09. The summed E-state index contributed by atoms with van der Waals surface area (Å²) in [4.78, 5) is 23.7. The number of hydrogen-bond acceptors (Lipinski definition) is 5. The van der Waals surface area contributed by atoms with Gasteiger partial charge in [-0.25, -0.2) is 0 Å². The normalized spacial score (nSPS) is 9.92. The number of amides is 2. The summed E-state index contributed by atoms with van der Waals surface area (Å²) in [5.41, 5.74) is 0.550. The molecule has 0 saturated carbocycles. The molecule has 0 aliphatic heterocycles. The predicted octanol–water partition coefficient (Wildman–Crippen LogP) is 2.23. The maximum absolute atomic E-state index is 11.9. The molecule has 7 nitrogen and oxygen atoms in total. The first kappa shape index (κ1) is 19.1. The van der Waals surface area contributed by atoms with Gasteiger partial charge in [0, 0.05) is 11.8 Å². The van der Waals surface area contributed by atoms with Crippen molar-refractivity contribution in [2.24, 2.45) is 0 Å². The van der Waals surface area contributed by atoms with Crippen LogP contribution >= 0.6 is 0 Å². The lowest BCUT2D eigenvalue weighted by molar-refractivity contribution is -0.124. The van der Waals surface area contributed by atoms with Gasteiger partial charge in [-0.05, 0) is 24.3 Å². The maximum Gasteiger partial charge on any atom is 0.243 e. The van der Waals surface area contributed by atoms with Gasteiger partial charge in [0.25, 0.3) is 0 Å². The molecule has 7 heteroatoms. The first-order valence-electron chi connectivity index (χ1n) is 8.09. The quantitative estimate of drug-likeness (QED) is 0.718. The first-order chi connectivity index (χ1) is 12.6. The molecule has 2 N–H and O–H groups in total. The summed E-state index contributed by atoms with van der Waals surface area (Å²) >= 11 is 0. The second kappa shape index (κ2) is 9.93. The molecular formula is C19H22N2O5. The number of hydrogen-bond donors (Lipinski definition) is 2. The zero-order valence-corrected chi connectivity index (χ0v) is 14.8.